The zero-order chi connectivity index (χ0) is 17.1. The van der Waals surface area contributed by atoms with Crippen LogP contribution in [0.5, 0.6) is 0 Å². The third-order valence-electron chi connectivity index (χ3n) is 3.72. The first-order valence-corrected chi connectivity index (χ1v) is 7.31. The lowest BCUT2D eigenvalue weighted by Crippen LogP contribution is -2.19. The van der Waals surface area contributed by atoms with Gasteiger partial charge < -0.3 is 15.0 Å². The average Bonchev–Trinajstić information content (AvgIpc) is 2.78. The van der Waals surface area contributed by atoms with Crippen LogP contribution in [0.1, 0.15) is 34.1 Å². The van der Waals surface area contributed by atoms with E-state index in [1.54, 1.807) is 36.7 Å². The molecule has 2 N–H and O–H groups in total. The number of anilines is 1. The standard InChI is InChI=1S/C17H19FN2O3/c1-4-20-9-11(3)16(17(22)23)14(20)8-15(21)19-12-6-5-10(2)13(18)7-12/h5-7,9H,4,8H2,1-3H3,(H,19,21)(H,22,23). The molecule has 1 amide bonds. The van der Waals surface area contributed by atoms with E-state index in [0.717, 1.165) is 0 Å². The number of carbonyl (C=O) groups is 2. The Labute approximate surface area is 133 Å². The molecule has 122 valence electrons. The number of hydrogen-bond donors (Lipinski definition) is 2. The van der Waals surface area contributed by atoms with E-state index in [2.05, 4.69) is 5.32 Å². The van der Waals surface area contributed by atoms with Crippen LogP contribution < -0.4 is 5.32 Å². The van der Waals surface area contributed by atoms with Crippen LogP contribution >= 0.6 is 0 Å². The second kappa shape index (κ2) is 6.64. The van der Waals surface area contributed by atoms with Crippen molar-refractivity contribution in [3.05, 3.63) is 52.6 Å². The summed E-state index contributed by atoms with van der Waals surface area (Å²) >= 11 is 0. The fraction of sp³-hybridized carbons (Fsp3) is 0.294. The maximum atomic E-state index is 13.5. The third-order valence-corrected chi connectivity index (χ3v) is 3.72. The summed E-state index contributed by atoms with van der Waals surface area (Å²) in [6.07, 6.45) is 1.64. The topological polar surface area (TPSA) is 71.3 Å². The Balaban J connectivity index is 2.23. The van der Waals surface area contributed by atoms with Crippen molar-refractivity contribution in [2.24, 2.45) is 0 Å². The summed E-state index contributed by atoms with van der Waals surface area (Å²) in [5, 5.41) is 11.9. The Morgan fingerprint density at radius 2 is 1.96 bits per heavy atom. The largest absolute Gasteiger partial charge is 0.478 e. The quantitative estimate of drug-likeness (QED) is 0.889. The molecule has 1 aromatic carbocycles. The van der Waals surface area contributed by atoms with Crippen molar-refractivity contribution in [1.82, 2.24) is 4.57 Å². The van der Waals surface area contributed by atoms with Crippen LogP contribution in [0.25, 0.3) is 0 Å². The van der Waals surface area contributed by atoms with Crippen molar-refractivity contribution in [2.75, 3.05) is 5.32 Å². The van der Waals surface area contributed by atoms with E-state index in [1.807, 2.05) is 6.92 Å². The lowest BCUT2D eigenvalue weighted by atomic mass is 10.1. The Hall–Kier alpha value is -2.63. The molecule has 0 aliphatic rings. The van der Waals surface area contributed by atoms with Crippen molar-refractivity contribution in [2.45, 2.75) is 33.7 Å². The van der Waals surface area contributed by atoms with Gasteiger partial charge in [0.25, 0.3) is 0 Å². The minimum atomic E-state index is -1.06. The fourth-order valence-corrected chi connectivity index (χ4v) is 2.54. The Morgan fingerprint density at radius 3 is 2.52 bits per heavy atom. The SMILES string of the molecule is CCn1cc(C)c(C(=O)O)c1CC(=O)Nc1ccc(C)c(F)c1. The van der Waals surface area contributed by atoms with E-state index in [-0.39, 0.29) is 17.9 Å². The van der Waals surface area contributed by atoms with E-state index >= 15 is 0 Å². The number of benzene rings is 1. The molecule has 2 aromatic rings. The minimum absolute atomic E-state index is 0.0845. The highest BCUT2D eigenvalue weighted by atomic mass is 19.1. The highest BCUT2D eigenvalue weighted by Gasteiger charge is 2.20. The molecule has 0 radical (unpaired) electrons. The van der Waals surface area contributed by atoms with Crippen molar-refractivity contribution in [3.8, 4) is 0 Å². The lowest BCUT2D eigenvalue weighted by Gasteiger charge is -2.10. The van der Waals surface area contributed by atoms with Crippen LogP contribution in [0.3, 0.4) is 0 Å². The first kappa shape index (κ1) is 16.7. The molecule has 0 fully saturated rings. The molecule has 0 saturated carbocycles. The van der Waals surface area contributed by atoms with Gasteiger partial charge in [-0.05, 0) is 44.0 Å². The summed E-state index contributed by atoms with van der Waals surface area (Å²) in [7, 11) is 0. The third kappa shape index (κ3) is 3.59. The number of nitrogens with one attached hydrogen (secondary N) is 1. The molecule has 0 bridgehead atoms. The molecule has 0 atom stereocenters. The molecule has 6 heteroatoms. The van der Waals surface area contributed by atoms with E-state index < -0.39 is 11.8 Å². The smallest absolute Gasteiger partial charge is 0.337 e. The molecular weight excluding hydrogens is 299 g/mol. The van der Waals surface area contributed by atoms with Crippen molar-refractivity contribution in [3.63, 3.8) is 0 Å². The van der Waals surface area contributed by atoms with Crippen LogP contribution in [0, 0.1) is 19.7 Å². The molecule has 5 nitrogen and oxygen atoms in total. The zero-order valence-corrected chi connectivity index (χ0v) is 13.3. The first-order chi connectivity index (χ1) is 10.8. The van der Waals surface area contributed by atoms with Gasteiger partial charge in [-0.1, -0.05) is 6.07 Å². The summed E-state index contributed by atoms with van der Waals surface area (Å²) in [5.41, 5.74) is 2.05. The molecular formula is C17H19FN2O3. The van der Waals surface area contributed by atoms with E-state index in [9.17, 15) is 19.1 Å². The summed E-state index contributed by atoms with van der Waals surface area (Å²) in [5.74, 6) is -1.84. The number of carbonyl (C=O) groups excluding carboxylic acids is 1. The van der Waals surface area contributed by atoms with Gasteiger partial charge in [0.05, 0.1) is 12.0 Å². The van der Waals surface area contributed by atoms with Crippen LogP contribution in [0.15, 0.2) is 24.4 Å². The Morgan fingerprint density at radius 1 is 1.26 bits per heavy atom. The number of carboxylic acids is 1. The molecule has 0 spiro atoms. The van der Waals surface area contributed by atoms with Gasteiger partial charge in [-0.25, -0.2) is 9.18 Å². The molecule has 1 aromatic heterocycles. The molecule has 2 rings (SSSR count). The molecule has 0 aliphatic carbocycles. The number of rotatable bonds is 5. The Bertz CT molecular complexity index is 765. The van der Waals surface area contributed by atoms with Gasteiger partial charge in [-0.15, -0.1) is 0 Å². The van der Waals surface area contributed by atoms with Crippen molar-refractivity contribution >= 4 is 17.6 Å². The van der Waals surface area contributed by atoms with Crippen LogP contribution in [-0.4, -0.2) is 21.6 Å². The Kier molecular flexibility index (Phi) is 4.83. The maximum absolute atomic E-state index is 13.5. The molecule has 1 heterocycles. The monoisotopic (exact) mass is 318 g/mol. The zero-order valence-electron chi connectivity index (χ0n) is 13.3. The van der Waals surface area contributed by atoms with Gasteiger partial charge in [0.15, 0.2) is 0 Å². The van der Waals surface area contributed by atoms with Crippen molar-refractivity contribution < 1.29 is 19.1 Å². The number of aromatic nitrogens is 1. The second-order valence-electron chi connectivity index (χ2n) is 5.41. The molecule has 0 aliphatic heterocycles. The summed E-state index contributed by atoms with van der Waals surface area (Å²) < 4.78 is 15.3. The maximum Gasteiger partial charge on any atom is 0.337 e. The van der Waals surface area contributed by atoms with E-state index in [0.29, 0.717) is 29.1 Å². The second-order valence-corrected chi connectivity index (χ2v) is 5.41. The summed E-state index contributed by atoms with van der Waals surface area (Å²) in [4.78, 5) is 23.6. The predicted molar refractivity (Wildman–Crippen MR) is 85.3 cm³/mol. The average molecular weight is 318 g/mol. The van der Waals surface area contributed by atoms with E-state index in [4.69, 9.17) is 0 Å². The number of amides is 1. The van der Waals surface area contributed by atoms with Crippen LogP contribution in [-0.2, 0) is 17.8 Å². The minimum Gasteiger partial charge on any atom is -0.478 e. The number of aryl methyl sites for hydroxylation is 3. The molecule has 0 unspecified atom stereocenters. The summed E-state index contributed by atoms with van der Waals surface area (Å²) in [6, 6.07) is 4.43. The highest BCUT2D eigenvalue weighted by Crippen LogP contribution is 2.19. The van der Waals surface area contributed by atoms with Crippen LogP contribution in [0.4, 0.5) is 10.1 Å². The molecule has 0 saturated heterocycles. The number of aromatic carboxylic acids is 1. The van der Waals surface area contributed by atoms with E-state index in [1.165, 1.54) is 6.07 Å². The number of halogens is 1. The predicted octanol–water partition coefficient (Wildman–Crippen LogP) is 3.14. The van der Waals surface area contributed by atoms with Gasteiger partial charge in [0, 0.05) is 24.1 Å². The van der Waals surface area contributed by atoms with Gasteiger partial charge >= 0.3 is 5.97 Å². The first-order valence-electron chi connectivity index (χ1n) is 7.31. The van der Waals surface area contributed by atoms with Gasteiger partial charge in [-0.2, -0.15) is 0 Å². The molecule has 23 heavy (non-hydrogen) atoms. The normalized spacial score (nSPS) is 10.6. The van der Waals surface area contributed by atoms with Crippen molar-refractivity contribution in [1.29, 1.82) is 0 Å². The number of carboxylic acid groups (broad SMARTS) is 1. The highest BCUT2D eigenvalue weighted by molar-refractivity contribution is 5.96. The summed E-state index contributed by atoms with van der Waals surface area (Å²) in [6.45, 7) is 5.78. The lowest BCUT2D eigenvalue weighted by molar-refractivity contribution is -0.115. The fourth-order valence-electron chi connectivity index (χ4n) is 2.54. The van der Waals surface area contributed by atoms with Gasteiger partial charge in [-0.3, -0.25) is 4.79 Å². The van der Waals surface area contributed by atoms with Gasteiger partial charge in [0.1, 0.15) is 5.82 Å². The van der Waals surface area contributed by atoms with Crippen LogP contribution in [0.2, 0.25) is 0 Å². The number of nitrogens with zero attached hydrogens (tertiary/aromatic N) is 1. The number of hydrogen-bond acceptors (Lipinski definition) is 2. The van der Waals surface area contributed by atoms with Gasteiger partial charge in [0.2, 0.25) is 5.91 Å².